The Morgan fingerprint density at radius 3 is 2.57 bits per heavy atom. The van der Waals surface area contributed by atoms with Crippen molar-refractivity contribution in [2.75, 3.05) is 12.5 Å². The molecule has 1 atom stereocenters. The van der Waals surface area contributed by atoms with Crippen molar-refractivity contribution >= 4 is 16.9 Å². The Balaban J connectivity index is 1.67. The number of benzene rings is 2. The van der Waals surface area contributed by atoms with Gasteiger partial charge in [-0.25, -0.2) is 9.66 Å². The van der Waals surface area contributed by atoms with Crippen molar-refractivity contribution in [3.05, 3.63) is 54.9 Å². The number of carbonyl (C=O) groups is 1. The van der Waals surface area contributed by atoms with Crippen LogP contribution < -0.4 is 14.9 Å². The summed E-state index contributed by atoms with van der Waals surface area (Å²) in [5, 5.41) is 0. The summed E-state index contributed by atoms with van der Waals surface area (Å²) in [6.45, 7) is 1.69. The normalized spacial score (nSPS) is 11.9. The standard InChI is InChI=1S/C17H17N3O3/c1-12(23-14-9-7-13(22-2)8-10-14)17(21)19-20-11-18-15-5-3-4-6-16(15)20/h3-12H,1-2H3,(H,19,21). The van der Waals surface area contributed by atoms with E-state index in [1.165, 1.54) is 0 Å². The Bertz CT molecular complexity index is 811. The summed E-state index contributed by atoms with van der Waals surface area (Å²) in [5.74, 6) is 1.08. The highest BCUT2D eigenvalue weighted by molar-refractivity contribution is 5.89. The highest BCUT2D eigenvalue weighted by atomic mass is 16.5. The van der Waals surface area contributed by atoms with Crippen molar-refractivity contribution < 1.29 is 14.3 Å². The molecule has 6 nitrogen and oxygen atoms in total. The maximum Gasteiger partial charge on any atom is 0.279 e. The molecule has 0 fully saturated rings. The van der Waals surface area contributed by atoms with Crippen molar-refractivity contribution in [1.29, 1.82) is 0 Å². The number of nitrogens with one attached hydrogen (secondary N) is 1. The van der Waals surface area contributed by atoms with Crippen LogP contribution in [0, 0.1) is 0 Å². The molecule has 0 aliphatic carbocycles. The number of ether oxygens (including phenoxy) is 2. The third-order valence-corrected chi connectivity index (χ3v) is 3.43. The van der Waals surface area contributed by atoms with Gasteiger partial charge in [-0.15, -0.1) is 0 Å². The summed E-state index contributed by atoms with van der Waals surface area (Å²) in [6, 6.07) is 14.6. The summed E-state index contributed by atoms with van der Waals surface area (Å²) in [5.41, 5.74) is 4.42. The van der Waals surface area contributed by atoms with Crippen molar-refractivity contribution in [2.24, 2.45) is 0 Å². The van der Waals surface area contributed by atoms with Gasteiger partial charge in [0.25, 0.3) is 5.91 Å². The van der Waals surface area contributed by atoms with Gasteiger partial charge in [-0.3, -0.25) is 10.2 Å². The maximum atomic E-state index is 12.3. The molecule has 3 aromatic rings. The Labute approximate surface area is 133 Å². The fourth-order valence-electron chi connectivity index (χ4n) is 2.17. The number of imidazole rings is 1. The smallest absolute Gasteiger partial charge is 0.279 e. The molecule has 6 heteroatoms. The third kappa shape index (κ3) is 3.26. The minimum Gasteiger partial charge on any atom is -0.497 e. The minimum absolute atomic E-state index is 0.260. The molecule has 23 heavy (non-hydrogen) atoms. The molecule has 2 aromatic carbocycles. The van der Waals surface area contributed by atoms with Gasteiger partial charge in [0.2, 0.25) is 0 Å². The lowest BCUT2D eigenvalue weighted by molar-refractivity contribution is -0.122. The molecule has 0 saturated carbocycles. The van der Waals surface area contributed by atoms with E-state index in [0.717, 1.165) is 16.8 Å². The van der Waals surface area contributed by atoms with Gasteiger partial charge in [-0.2, -0.15) is 0 Å². The zero-order valence-electron chi connectivity index (χ0n) is 12.9. The first kappa shape index (κ1) is 14.9. The fraction of sp³-hybridized carbons (Fsp3) is 0.176. The number of methoxy groups -OCH3 is 1. The molecule has 1 unspecified atom stereocenters. The van der Waals surface area contributed by atoms with Crippen LogP contribution in [0.2, 0.25) is 0 Å². The van der Waals surface area contributed by atoms with E-state index in [1.54, 1.807) is 49.3 Å². The van der Waals surface area contributed by atoms with Gasteiger partial charge in [-0.05, 0) is 43.3 Å². The fourth-order valence-corrected chi connectivity index (χ4v) is 2.17. The zero-order valence-corrected chi connectivity index (χ0v) is 12.9. The second kappa shape index (κ2) is 6.39. The zero-order chi connectivity index (χ0) is 16.2. The van der Waals surface area contributed by atoms with Gasteiger partial charge in [-0.1, -0.05) is 12.1 Å². The van der Waals surface area contributed by atoms with E-state index in [4.69, 9.17) is 9.47 Å². The third-order valence-electron chi connectivity index (χ3n) is 3.43. The molecule has 0 bridgehead atoms. The molecule has 1 N–H and O–H groups in total. The van der Waals surface area contributed by atoms with Gasteiger partial charge in [0.15, 0.2) is 6.10 Å². The summed E-state index contributed by atoms with van der Waals surface area (Å²) in [4.78, 5) is 16.5. The molecule has 0 aliphatic rings. The predicted octanol–water partition coefficient (Wildman–Crippen LogP) is 2.58. The minimum atomic E-state index is -0.649. The summed E-state index contributed by atoms with van der Waals surface area (Å²) in [6.07, 6.45) is 0.924. The maximum absolute atomic E-state index is 12.3. The number of hydrogen-bond acceptors (Lipinski definition) is 4. The van der Waals surface area contributed by atoms with E-state index in [0.29, 0.717) is 5.75 Å². The molecule has 0 aliphatic heterocycles. The first-order chi connectivity index (χ1) is 11.2. The molecular weight excluding hydrogens is 294 g/mol. The molecule has 3 rings (SSSR count). The highest BCUT2D eigenvalue weighted by Crippen LogP contribution is 2.18. The lowest BCUT2D eigenvalue weighted by Crippen LogP contribution is -2.34. The second-order valence-corrected chi connectivity index (χ2v) is 5.01. The van der Waals surface area contributed by atoms with Crippen molar-refractivity contribution in [3.63, 3.8) is 0 Å². The van der Waals surface area contributed by atoms with E-state index in [2.05, 4.69) is 10.4 Å². The van der Waals surface area contributed by atoms with Gasteiger partial charge in [0.05, 0.1) is 18.1 Å². The Morgan fingerprint density at radius 2 is 1.83 bits per heavy atom. The predicted molar refractivity (Wildman–Crippen MR) is 87.2 cm³/mol. The van der Waals surface area contributed by atoms with Crippen LogP contribution >= 0.6 is 0 Å². The molecule has 0 radical (unpaired) electrons. The molecule has 1 heterocycles. The Hall–Kier alpha value is -3.02. The van der Waals surface area contributed by atoms with Gasteiger partial charge in [0.1, 0.15) is 17.8 Å². The first-order valence-electron chi connectivity index (χ1n) is 7.21. The highest BCUT2D eigenvalue weighted by Gasteiger charge is 2.16. The average molecular weight is 311 g/mol. The van der Waals surface area contributed by atoms with Crippen molar-refractivity contribution in [1.82, 2.24) is 9.66 Å². The van der Waals surface area contributed by atoms with Gasteiger partial charge < -0.3 is 9.47 Å². The Kier molecular flexibility index (Phi) is 4.14. The number of hydrogen-bond donors (Lipinski definition) is 1. The van der Waals surface area contributed by atoms with Crippen LogP contribution in [0.3, 0.4) is 0 Å². The lowest BCUT2D eigenvalue weighted by atomic mass is 10.3. The van der Waals surface area contributed by atoms with Crippen LogP contribution in [-0.2, 0) is 4.79 Å². The molecule has 1 aromatic heterocycles. The van der Waals surface area contributed by atoms with Crippen molar-refractivity contribution in [2.45, 2.75) is 13.0 Å². The number of fused-ring (bicyclic) bond motifs is 1. The van der Waals surface area contributed by atoms with E-state index in [9.17, 15) is 4.79 Å². The quantitative estimate of drug-likeness (QED) is 0.786. The molecule has 0 spiro atoms. The number of aromatic nitrogens is 2. The summed E-state index contributed by atoms with van der Waals surface area (Å²) < 4.78 is 12.3. The SMILES string of the molecule is COc1ccc(OC(C)C(=O)Nn2cnc3ccccc32)cc1. The van der Waals surface area contributed by atoms with Crippen LogP contribution in [0.1, 0.15) is 6.92 Å². The number of carbonyl (C=O) groups excluding carboxylic acids is 1. The summed E-state index contributed by atoms with van der Waals surface area (Å²) in [7, 11) is 1.60. The number of rotatable bonds is 5. The number of nitrogens with zero attached hydrogens (tertiary/aromatic N) is 2. The largest absolute Gasteiger partial charge is 0.497 e. The number of amides is 1. The average Bonchev–Trinajstić information content (AvgIpc) is 2.98. The van der Waals surface area contributed by atoms with Gasteiger partial charge >= 0.3 is 0 Å². The van der Waals surface area contributed by atoms with Crippen LogP contribution in [-0.4, -0.2) is 28.8 Å². The molecule has 0 saturated heterocycles. The first-order valence-corrected chi connectivity index (χ1v) is 7.21. The van der Waals surface area contributed by atoms with E-state index in [-0.39, 0.29) is 5.91 Å². The number of para-hydroxylation sites is 2. The molecule has 118 valence electrons. The van der Waals surface area contributed by atoms with E-state index < -0.39 is 6.10 Å². The van der Waals surface area contributed by atoms with Crippen molar-refractivity contribution in [3.8, 4) is 11.5 Å². The lowest BCUT2D eigenvalue weighted by Gasteiger charge is -2.15. The summed E-state index contributed by atoms with van der Waals surface area (Å²) >= 11 is 0. The van der Waals surface area contributed by atoms with E-state index >= 15 is 0 Å². The molecule has 1 amide bonds. The van der Waals surface area contributed by atoms with Crippen LogP contribution in [0.4, 0.5) is 0 Å². The topological polar surface area (TPSA) is 65.4 Å². The second-order valence-electron chi connectivity index (χ2n) is 5.01. The van der Waals surface area contributed by atoms with Gasteiger partial charge in [0, 0.05) is 0 Å². The monoisotopic (exact) mass is 311 g/mol. The van der Waals surface area contributed by atoms with Crippen LogP contribution in [0.15, 0.2) is 54.9 Å². The van der Waals surface area contributed by atoms with E-state index in [1.807, 2.05) is 24.3 Å². The Morgan fingerprint density at radius 1 is 1.13 bits per heavy atom. The molecular formula is C17H17N3O3. The van der Waals surface area contributed by atoms with Crippen LogP contribution in [0.25, 0.3) is 11.0 Å². The van der Waals surface area contributed by atoms with Crippen LogP contribution in [0.5, 0.6) is 11.5 Å².